The smallest absolute Gasteiger partial charge is 0.0486 e. The van der Waals surface area contributed by atoms with Gasteiger partial charge in [0.2, 0.25) is 0 Å². The monoisotopic (exact) mass is 382 g/mol. The van der Waals surface area contributed by atoms with Crippen LogP contribution >= 0.6 is 15.9 Å². The Kier molecular flexibility index (Phi) is 4.23. The fraction of sp³-hybridized carbons (Fsp3) is 0.333. The van der Waals surface area contributed by atoms with Crippen molar-refractivity contribution in [2.24, 2.45) is 0 Å². The predicted molar refractivity (Wildman–Crippen MR) is 105 cm³/mol. The molecule has 2 aromatic carbocycles. The topological polar surface area (TPSA) is 17.0 Å². The van der Waals surface area contributed by atoms with Crippen molar-refractivity contribution < 1.29 is 0 Å². The summed E-state index contributed by atoms with van der Waals surface area (Å²) >= 11 is 3.65. The predicted octanol–water partition coefficient (Wildman–Crippen LogP) is 5.24. The van der Waals surface area contributed by atoms with Crippen LogP contribution < -0.4 is 5.32 Å². The van der Waals surface area contributed by atoms with Gasteiger partial charge in [-0.25, -0.2) is 0 Å². The first-order valence-corrected chi connectivity index (χ1v) is 9.53. The molecule has 2 heterocycles. The van der Waals surface area contributed by atoms with Crippen molar-refractivity contribution in [1.29, 1.82) is 0 Å². The van der Waals surface area contributed by atoms with Crippen LogP contribution in [0.2, 0.25) is 0 Å². The minimum atomic E-state index is 0.401. The van der Waals surface area contributed by atoms with Gasteiger partial charge < -0.3 is 9.88 Å². The highest BCUT2D eigenvalue weighted by molar-refractivity contribution is 9.10. The molecule has 0 amide bonds. The van der Waals surface area contributed by atoms with Crippen molar-refractivity contribution in [1.82, 2.24) is 9.88 Å². The van der Waals surface area contributed by atoms with E-state index in [9.17, 15) is 0 Å². The summed E-state index contributed by atoms with van der Waals surface area (Å²) in [5, 5.41) is 5.09. The zero-order valence-electron chi connectivity index (χ0n) is 14.2. The van der Waals surface area contributed by atoms with Gasteiger partial charge in [-0.05, 0) is 49.6 Å². The number of benzene rings is 2. The first kappa shape index (κ1) is 15.9. The fourth-order valence-corrected chi connectivity index (χ4v) is 4.47. The molecule has 0 saturated carbocycles. The molecule has 1 aliphatic heterocycles. The minimum absolute atomic E-state index is 0.401. The van der Waals surface area contributed by atoms with Crippen LogP contribution in [0.25, 0.3) is 10.9 Å². The normalized spacial score (nSPS) is 20.3. The number of aryl methyl sites for hydroxylation is 2. The molecule has 2 nitrogen and oxygen atoms in total. The zero-order valence-corrected chi connectivity index (χ0v) is 15.8. The second kappa shape index (κ2) is 6.38. The molecule has 24 heavy (non-hydrogen) atoms. The third-order valence-corrected chi connectivity index (χ3v) is 5.60. The first-order valence-electron chi connectivity index (χ1n) is 8.74. The second-order valence-corrected chi connectivity index (χ2v) is 7.82. The summed E-state index contributed by atoms with van der Waals surface area (Å²) in [6, 6.07) is 18.4. The summed E-state index contributed by atoms with van der Waals surface area (Å²) in [6.45, 7) is 5.61. The fourth-order valence-electron chi connectivity index (χ4n) is 4.11. The Labute approximate surface area is 152 Å². The SMILES string of the molecule is CC1Cc2c(c3cc(Br)ccc3n2CCc2ccccc2)C(C)N1. The maximum Gasteiger partial charge on any atom is 0.0486 e. The van der Waals surface area contributed by atoms with E-state index in [1.54, 1.807) is 0 Å². The van der Waals surface area contributed by atoms with E-state index in [0.717, 1.165) is 23.9 Å². The van der Waals surface area contributed by atoms with Crippen molar-refractivity contribution in [2.75, 3.05) is 0 Å². The minimum Gasteiger partial charge on any atom is -0.344 e. The largest absolute Gasteiger partial charge is 0.344 e. The zero-order chi connectivity index (χ0) is 16.7. The van der Waals surface area contributed by atoms with Crippen LogP contribution in [0.4, 0.5) is 0 Å². The summed E-state index contributed by atoms with van der Waals surface area (Å²) in [5.41, 5.74) is 5.76. The van der Waals surface area contributed by atoms with Gasteiger partial charge in [-0.15, -0.1) is 0 Å². The molecular weight excluding hydrogens is 360 g/mol. The van der Waals surface area contributed by atoms with Crippen LogP contribution in [0.1, 0.15) is 36.7 Å². The average Bonchev–Trinajstić information content (AvgIpc) is 2.86. The van der Waals surface area contributed by atoms with E-state index in [-0.39, 0.29) is 0 Å². The summed E-state index contributed by atoms with van der Waals surface area (Å²) < 4.78 is 3.71. The number of nitrogens with one attached hydrogen (secondary N) is 1. The van der Waals surface area contributed by atoms with E-state index in [4.69, 9.17) is 0 Å². The van der Waals surface area contributed by atoms with Crippen molar-refractivity contribution in [3.8, 4) is 0 Å². The van der Waals surface area contributed by atoms with Crippen molar-refractivity contribution in [2.45, 2.75) is 45.3 Å². The summed E-state index contributed by atoms with van der Waals surface area (Å²) in [5.74, 6) is 0. The summed E-state index contributed by atoms with van der Waals surface area (Å²) in [6.07, 6.45) is 2.17. The average molecular weight is 383 g/mol. The van der Waals surface area contributed by atoms with Crippen LogP contribution in [-0.4, -0.2) is 10.6 Å². The van der Waals surface area contributed by atoms with Crippen molar-refractivity contribution >= 4 is 26.8 Å². The molecular formula is C21H23BrN2. The number of nitrogens with zero attached hydrogens (tertiary/aromatic N) is 1. The van der Waals surface area contributed by atoms with E-state index in [1.165, 1.54) is 27.7 Å². The first-order chi connectivity index (χ1) is 11.6. The molecule has 1 aliphatic rings. The lowest BCUT2D eigenvalue weighted by Gasteiger charge is -2.28. The van der Waals surface area contributed by atoms with Crippen molar-refractivity contribution in [3.05, 3.63) is 69.8 Å². The highest BCUT2D eigenvalue weighted by Gasteiger charge is 2.27. The van der Waals surface area contributed by atoms with Gasteiger partial charge in [-0.2, -0.15) is 0 Å². The van der Waals surface area contributed by atoms with Gasteiger partial charge in [0, 0.05) is 46.1 Å². The van der Waals surface area contributed by atoms with Gasteiger partial charge in [0.05, 0.1) is 0 Å². The van der Waals surface area contributed by atoms with Crippen LogP contribution in [0.5, 0.6) is 0 Å². The molecule has 3 heteroatoms. The number of hydrogen-bond donors (Lipinski definition) is 1. The Morgan fingerprint density at radius 1 is 1.12 bits per heavy atom. The molecule has 4 rings (SSSR count). The van der Waals surface area contributed by atoms with Gasteiger partial charge in [0.15, 0.2) is 0 Å². The molecule has 0 bridgehead atoms. The van der Waals surface area contributed by atoms with E-state index in [0.29, 0.717) is 12.1 Å². The molecule has 3 aromatic rings. The molecule has 0 radical (unpaired) electrons. The van der Waals surface area contributed by atoms with E-state index >= 15 is 0 Å². The lowest BCUT2D eigenvalue weighted by atomic mass is 9.95. The Hall–Kier alpha value is -1.58. The molecule has 2 atom stereocenters. The number of fused-ring (bicyclic) bond motifs is 3. The van der Waals surface area contributed by atoms with E-state index in [2.05, 4.69) is 88.2 Å². The Morgan fingerprint density at radius 3 is 2.71 bits per heavy atom. The van der Waals surface area contributed by atoms with Crippen molar-refractivity contribution in [3.63, 3.8) is 0 Å². The van der Waals surface area contributed by atoms with E-state index < -0.39 is 0 Å². The van der Waals surface area contributed by atoms with E-state index in [1.807, 2.05) is 0 Å². The molecule has 1 aromatic heterocycles. The third-order valence-electron chi connectivity index (χ3n) is 5.11. The molecule has 1 N–H and O–H groups in total. The second-order valence-electron chi connectivity index (χ2n) is 6.90. The van der Waals surface area contributed by atoms with Gasteiger partial charge in [0.1, 0.15) is 0 Å². The number of halogens is 1. The molecule has 0 fully saturated rings. The number of rotatable bonds is 3. The maximum atomic E-state index is 3.71. The van der Waals surface area contributed by atoms with Gasteiger partial charge in [0.25, 0.3) is 0 Å². The highest BCUT2D eigenvalue weighted by atomic mass is 79.9. The molecule has 124 valence electrons. The quantitative estimate of drug-likeness (QED) is 0.654. The van der Waals surface area contributed by atoms with Gasteiger partial charge in [-0.1, -0.05) is 46.3 Å². The lowest BCUT2D eigenvalue weighted by Crippen LogP contribution is -2.36. The third kappa shape index (κ3) is 2.80. The maximum absolute atomic E-state index is 3.71. The van der Waals surface area contributed by atoms with Crippen LogP contribution in [0.15, 0.2) is 53.0 Å². The van der Waals surface area contributed by atoms with Gasteiger partial charge >= 0.3 is 0 Å². The van der Waals surface area contributed by atoms with Gasteiger partial charge in [-0.3, -0.25) is 0 Å². The molecule has 0 aliphatic carbocycles. The molecule has 0 saturated heterocycles. The molecule has 2 unspecified atom stereocenters. The molecule has 0 spiro atoms. The van der Waals surface area contributed by atoms with Crippen LogP contribution in [0.3, 0.4) is 0 Å². The lowest BCUT2D eigenvalue weighted by molar-refractivity contribution is 0.433. The Balaban J connectivity index is 1.80. The number of aromatic nitrogens is 1. The summed E-state index contributed by atoms with van der Waals surface area (Å²) in [4.78, 5) is 0. The van der Waals surface area contributed by atoms with Crippen LogP contribution in [0, 0.1) is 0 Å². The summed E-state index contributed by atoms with van der Waals surface area (Å²) in [7, 11) is 0. The van der Waals surface area contributed by atoms with Crippen LogP contribution in [-0.2, 0) is 19.4 Å². The Morgan fingerprint density at radius 2 is 1.92 bits per heavy atom. The standard InChI is InChI=1S/C21H23BrN2/c1-14-12-20-21(15(2)23-14)18-13-17(22)8-9-19(18)24(20)11-10-16-6-4-3-5-7-16/h3-9,13-15,23H,10-12H2,1-2H3. The highest BCUT2D eigenvalue weighted by Crippen LogP contribution is 2.36. The Bertz CT molecular complexity index is 866. The number of hydrogen-bond acceptors (Lipinski definition) is 1.